The van der Waals surface area contributed by atoms with Crippen LogP contribution in [-0.4, -0.2) is 23.7 Å². The predicted molar refractivity (Wildman–Crippen MR) is 99.8 cm³/mol. The molecule has 1 amide bonds. The molecule has 1 aliphatic carbocycles. The molecule has 1 saturated carbocycles. The van der Waals surface area contributed by atoms with Gasteiger partial charge in [0.05, 0.1) is 24.1 Å². The highest BCUT2D eigenvalue weighted by atomic mass is 19.1. The summed E-state index contributed by atoms with van der Waals surface area (Å²) in [6.07, 6.45) is 1.09. The third-order valence-electron chi connectivity index (χ3n) is 5.60. The van der Waals surface area contributed by atoms with Crippen molar-refractivity contribution in [3.8, 4) is 0 Å². The zero-order valence-electron chi connectivity index (χ0n) is 14.9. The van der Waals surface area contributed by atoms with Gasteiger partial charge < -0.3 is 10.4 Å². The van der Waals surface area contributed by atoms with Crippen molar-refractivity contribution in [3.63, 3.8) is 0 Å². The Morgan fingerprint density at radius 1 is 1.15 bits per heavy atom. The SMILES string of the molecule is O=C(NC(c1ccccc1)C1CC(O)C1)C1CNNC1c1cccc(F)c1. The fraction of sp³-hybridized carbons (Fsp3) is 0.381. The third-order valence-corrected chi connectivity index (χ3v) is 5.60. The molecule has 2 aromatic carbocycles. The zero-order chi connectivity index (χ0) is 18.8. The molecule has 2 fully saturated rings. The Kier molecular flexibility index (Phi) is 5.20. The van der Waals surface area contributed by atoms with Crippen LogP contribution in [0.4, 0.5) is 4.39 Å². The number of nitrogens with one attached hydrogen (secondary N) is 3. The first-order valence-corrected chi connectivity index (χ1v) is 9.39. The number of rotatable bonds is 5. The van der Waals surface area contributed by atoms with E-state index in [1.165, 1.54) is 12.1 Å². The Bertz CT molecular complexity index is 795. The molecule has 1 heterocycles. The number of hydrazine groups is 1. The predicted octanol–water partition coefficient (Wildman–Crippen LogP) is 2.22. The lowest BCUT2D eigenvalue weighted by atomic mass is 9.75. The molecule has 142 valence electrons. The van der Waals surface area contributed by atoms with E-state index in [2.05, 4.69) is 16.2 Å². The minimum atomic E-state index is -0.344. The molecule has 4 rings (SSSR count). The Balaban J connectivity index is 1.52. The summed E-state index contributed by atoms with van der Waals surface area (Å²) in [5.41, 5.74) is 7.91. The van der Waals surface area contributed by atoms with Crippen LogP contribution < -0.4 is 16.2 Å². The van der Waals surface area contributed by atoms with Crippen molar-refractivity contribution in [2.24, 2.45) is 11.8 Å². The summed E-state index contributed by atoms with van der Waals surface area (Å²) in [4.78, 5) is 13.1. The van der Waals surface area contributed by atoms with Gasteiger partial charge in [-0.15, -0.1) is 0 Å². The number of aliphatic hydroxyl groups is 1. The minimum absolute atomic E-state index is 0.0722. The number of hydrogen-bond donors (Lipinski definition) is 4. The van der Waals surface area contributed by atoms with E-state index >= 15 is 0 Å². The maximum Gasteiger partial charge on any atom is 0.226 e. The van der Waals surface area contributed by atoms with Crippen LogP contribution >= 0.6 is 0 Å². The fourth-order valence-corrected chi connectivity index (χ4v) is 4.05. The van der Waals surface area contributed by atoms with E-state index in [1.54, 1.807) is 6.07 Å². The molecule has 0 aromatic heterocycles. The molecule has 1 aliphatic heterocycles. The molecule has 0 bridgehead atoms. The maximum atomic E-state index is 13.6. The van der Waals surface area contributed by atoms with Gasteiger partial charge in [-0.05, 0) is 42.0 Å². The van der Waals surface area contributed by atoms with Gasteiger partial charge in [-0.3, -0.25) is 10.2 Å². The molecule has 3 atom stereocenters. The highest BCUT2D eigenvalue weighted by Crippen LogP contribution is 2.38. The lowest BCUT2D eigenvalue weighted by Gasteiger charge is -2.39. The van der Waals surface area contributed by atoms with Gasteiger partial charge in [-0.2, -0.15) is 0 Å². The van der Waals surface area contributed by atoms with Gasteiger partial charge in [0.25, 0.3) is 0 Å². The monoisotopic (exact) mass is 369 g/mol. The van der Waals surface area contributed by atoms with Crippen LogP contribution in [0.1, 0.15) is 36.1 Å². The number of carbonyl (C=O) groups is 1. The largest absolute Gasteiger partial charge is 0.393 e. The summed E-state index contributed by atoms with van der Waals surface area (Å²) in [5.74, 6) is -0.507. The first-order chi connectivity index (χ1) is 13.1. The maximum absolute atomic E-state index is 13.6. The van der Waals surface area contributed by atoms with Crippen LogP contribution in [0.5, 0.6) is 0 Å². The van der Waals surface area contributed by atoms with Crippen molar-refractivity contribution in [2.45, 2.75) is 31.0 Å². The van der Waals surface area contributed by atoms with E-state index in [1.807, 2.05) is 36.4 Å². The minimum Gasteiger partial charge on any atom is -0.393 e. The van der Waals surface area contributed by atoms with Gasteiger partial charge in [0.15, 0.2) is 0 Å². The number of aliphatic hydroxyl groups excluding tert-OH is 1. The Morgan fingerprint density at radius 2 is 1.93 bits per heavy atom. The standard InChI is InChI=1S/C21H24FN3O2/c22-16-8-4-7-14(9-16)20-18(12-23-25-20)21(27)24-19(15-10-17(26)11-15)13-5-2-1-3-6-13/h1-9,15,17-20,23,25-26H,10-12H2,(H,24,27). The van der Waals surface area contributed by atoms with Gasteiger partial charge in [-0.1, -0.05) is 42.5 Å². The summed E-state index contributed by atoms with van der Waals surface area (Å²) in [7, 11) is 0. The van der Waals surface area contributed by atoms with Crippen molar-refractivity contribution in [1.29, 1.82) is 0 Å². The van der Waals surface area contributed by atoms with Crippen molar-refractivity contribution in [1.82, 2.24) is 16.2 Å². The van der Waals surface area contributed by atoms with Crippen molar-refractivity contribution < 1.29 is 14.3 Å². The van der Waals surface area contributed by atoms with Crippen molar-refractivity contribution in [2.75, 3.05) is 6.54 Å². The smallest absolute Gasteiger partial charge is 0.226 e. The molecule has 5 nitrogen and oxygen atoms in total. The highest BCUT2D eigenvalue weighted by molar-refractivity contribution is 5.80. The van der Waals surface area contributed by atoms with E-state index in [4.69, 9.17) is 0 Å². The molecule has 2 aliphatic rings. The fourth-order valence-electron chi connectivity index (χ4n) is 4.05. The van der Waals surface area contributed by atoms with Crippen molar-refractivity contribution >= 4 is 5.91 Å². The second kappa shape index (κ2) is 7.76. The first kappa shape index (κ1) is 18.1. The second-order valence-electron chi connectivity index (χ2n) is 7.45. The third kappa shape index (κ3) is 3.88. The van der Waals surface area contributed by atoms with Gasteiger partial charge >= 0.3 is 0 Å². The Labute approximate surface area is 158 Å². The van der Waals surface area contributed by atoms with E-state index in [0.717, 1.165) is 11.1 Å². The number of halogens is 1. The summed E-state index contributed by atoms with van der Waals surface area (Å²) >= 11 is 0. The van der Waals surface area contributed by atoms with Crippen LogP contribution in [0.25, 0.3) is 0 Å². The molecule has 4 N–H and O–H groups in total. The van der Waals surface area contributed by atoms with Crippen LogP contribution in [0.2, 0.25) is 0 Å². The Morgan fingerprint density at radius 3 is 2.63 bits per heavy atom. The van der Waals surface area contributed by atoms with Crippen molar-refractivity contribution in [3.05, 3.63) is 71.5 Å². The molecule has 3 unspecified atom stereocenters. The average molecular weight is 369 g/mol. The molecule has 2 aromatic rings. The molecule has 27 heavy (non-hydrogen) atoms. The molecule has 6 heteroatoms. The number of hydrogen-bond acceptors (Lipinski definition) is 4. The average Bonchev–Trinajstić information content (AvgIpc) is 3.14. The number of carbonyl (C=O) groups excluding carboxylic acids is 1. The normalized spacial score (nSPS) is 28.4. The summed E-state index contributed by atoms with van der Waals surface area (Å²) < 4.78 is 13.6. The zero-order valence-corrected chi connectivity index (χ0v) is 14.9. The van der Waals surface area contributed by atoms with Crippen LogP contribution in [-0.2, 0) is 4.79 Å². The number of benzene rings is 2. The Hall–Kier alpha value is -2.28. The topological polar surface area (TPSA) is 73.4 Å². The summed E-state index contributed by atoms with van der Waals surface area (Å²) in [5, 5.41) is 12.9. The molecule has 0 radical (unpaired) electrons. The highest BCUT2D eigenvalue weighted by Gasteiger charge is 2.39. The van der Waals surface area contributed by atoms with Gasteiger partial charge in [0.1, 0.15) is 5.82 Å². The van der Waals surface area contributed by atoms with Gasteiger partial charge in [0, 0.05) is 6.54 Å². The first-order valence-electron chi connectivity index (χ1n) is 9.39. The number of amides is 1. The van der Waals surface area contributed by atoms with E-state index < -0.39 is 0 Å². The molecular weight excluding hydrogens is 345 g/mol. The molecule has 1 saturated heterocycles. The van der Waals surface area contributed by atoms with Crippen LogP contribution in [0.15, 0.2) is 54.6 Å². The van der Waals surface area contributed by atoms with Crippen LogP contribution in [0.3, 0.4) is 0 Å². The lowest BCUT2D eigenvalue weighted by Crippen LogP contribution is -2.44. The molecule has 0 spiro atoms. The van der Waals surface area contributed by atoms with E-state index in [-0.39, 0.29) is 41.7 Å². The van der Waals surface area contributed by atoms with E-state index in [9.17, 15) is 14.3 Å². The summed E-state index contributed by atoms with van der Waals surface area (Å²) in [6.45, 7) is 0.474. The second-order valence-corrected chi connectivity index (χ2v) is 7.45. The van der Waals surface area contributed by atoms with Crippen LogP contribution in [0, 0.1) is 17.7 Å². The van der Waals surface area contributed by atoms with E-state index in [0.29, 0.717) is 19.4 Å². The van der Waals surface area contributed by atoms with Gasteiger partial charge in [0.2, 0.25) is 5.91 Å². The van der Waals surface area contributed by atoms with Gasteiger partial charge in [-0.25, -0.2) is 9.82 Å². The quantitative estimate of drug-likeness (QED) is 0.652. The molecular formula is C21H24FN3O2. The lowest BCUT2D eigenvalue weighted by molar-refractivity contribution is -0.127. The summed E-state index contributed by atoms with van der Waals surface area (Å²) in [6, 6.07) is 15.8.